The van der Waals surface area contributed by atoms with Crippen molar-refractivity contribution >= 4 is 28.9 Å². The van der Waals surface area contributed by atoms with Gasteiger partial charge in [0.05, 0.1) is 16.7 Å². The number of ether oxygens (including phenoxy) is 1. The number of non-ortho nitro benzene ring substituents is 1. The van der Waals surface area contributed by atoms with Gasteiger partial charge in [-0.3, -0.25) is 19.6 Å². The molecule has 32 heavy (non-hydrogen) atoms. The molecule has 0 aliphatic rings. The van der Waals surface area contributed by atoms with Crippen molar-refractivity contribution in [3.8, 4) is 11.5 Å². The molecule has 1 heterocycles. The standard InChI is InChI=1S/C20H16ClF3N4O4/c1-11-5-13(21)3-4-17(11)32-16-8-14(7-15(9-16)28(30)31)25-19(29)10-27-12(2)6-18(26-27)20(22,23)24/h3-9H,10H2,1-2H3,(H,25,29). The molecule has 0 aliphatic heterocycles. The number of rotatable bonds is 6. The van der Waals surface area contributed by atoms with Crippen LogP contribution < -0.4 is 10.1 Å². The number of hydrogen-bond acceptors (Lipinski definition) is 5. The smallest absolute Gasteiger partial charge is 0.435 e. The summed E-state index contributed by atoms with van der Waals surface area (Å²) in [7, 11) is 0. The van der Waals surface area contributed by atoms with Gasteiger partial charge in [0, 0.05) is 22.8 Å². The fourth-order valence-electron chi connectivity index (χ4n) is 2.82. The van der Waals surface area contributed by atoms with Gasteiger partial charge in [-0.25, -0.2) is 0 Å². The molecule has 0 saturated heterocycles. The van der Waals surface area contributed by atoms with Crippen molar-refractivity contribution in [2.24, 2.45) is 0 Å². The molecule has 0 radical (unpaired) electrons. The number of hydrogen-bond donors (Lipinski definition) is 1. The maximum atomic E-state index is 12.8. The van der Waals surface area contributed by atoms with Crippen molar-refractivity contribution in [3.63, 3.8) is 0 Å². The number of aryl methyl sites for hydroxylation is 2. The van der Waals surface area contributed by atoms with E-state index < -0.39 is 29.2 Å². The molecule has 0 fully saturated rings. The van der Waals surface area contributed by atoms with Crippen LogP contribution in [-0.2, 0) is 17.5 Å². The molecule has 2 aromatic carbocycles. The van der Waals surface area contributed by atoms with Crippen molar-refractivity contribution in [1.29, 1.82) is 0 Å². The fourth-order valence-corrected chi connectivity index (χ4v) is 3.05. The Bertz CT molecular complexity index is 1190. The van der Waals surface area contributed by atoms with Crippen molar-refractivity contribution < 1.29 is 27.6 Å². The molecule has 3 aromatic rings. The van der Waals surface area contributed by atoms with Crippen molar-refractivity contribution in [1.82, 2.24) is 9.78 Å². The topological polar surface area (TPSA) is 99.3 Å². The van der Waals surface area contributed by atoms with Crippen molar-refractivity contribution in [2.75, 3.05) is 5.32 Å². The molecule has 1 amide bonds. The van der Waals surface area contributed by atoms with Gasteiger partial charge in [-0.2, -0.15) is 18.3 Å². The minimum Gasteiger partial charge on any atom is -0.457 e. The molecule has 0 bridgehead atoms. The quantitative estimate of drug-likeness (QED) is 0.380. The number of anilines is 1. The summed E-state index contributed by atoms with van der Waals surface area (Å²) in [5.74, 6) is -0.243. The number of amides is 1. The van der Waals surface area contributed by atoms with Crippen LogP contribution in [0.25, 0.3) is 0 Å². The first-order valence-electron chi connectivity index (χ1n) is 9.07. The molecule has 8 nitrogen and oxygen atoms in total. The van der Waals surface area contributed by atoms with Gasteiger partial charge in [0.25, 0.3) is 5.69 Å². The average molecular weight is 469 g/mol. The molecule has 1 N–H and O–H groups in total. The van der Waals surface area contributed by atoms with Crippen LogP contribution in [0, 0.1) is 24.0 Å². The maximum Gasteiger partial charge on any atom is 0.435 e. The lowest BCUT2D eigenvalue weighted by atomic mass is 10.2. The number of halogens is 4. The molecule has 0 saturated carbocycles. The summed E-state index contributed by atoms with van der Waals surface area (Å²) < 4.78 is 45.0. The van der Waals surface area contributed by atoms with Gasteiger partial charge in [0.1, 0.15) is 18.0 Å². The lowest BCUT2D eigenvalue weighted by molar-refractivity contribution is -0.384. The second-order valence-corrected chi connectivity index (χ2v) is 7.30. The van der Waals surface area contributed by atoms with E-state index in [0.29, 0.717) is 16.3 Å². The first kappa shape index (κ1) is 23.1. The molecule has 0 atom stereocenters. The van der Waals surface area contributed by atoms with Gasteiger partial charge in [0.2, 0.25) is 5.91 Å². The monoisotopic (exact) mass is 468 g/mol. The summed E-state index contributed by atoms with van der Waals surface area (Å²) in [5.41, 5.74) is -0.615. The Morgan fingerprint density at radius 3 is 2.53 bits per heavy atom. The summed E-state index contributed by atoms with van der Waals surface area (Å²) in [6.07, 6.45) is -4.64. The summed E-state index contributed by atoms with van der Waals surface area (Å²) in [6.45, 7) is 2.60. The van der Waals surface area contributed by atoms with Gasteiger partial charge < -0.3 is 10.1 Å². The van der Waals surface area contributed by atoms with E-state index in [2.05, 4.69) is 10.4 Å². The summed E-state index contributed by atoms with van der Waals surface area (Å²) in [6, 6.07) is 9.29. The van der Waals surface area contributed by atoms with E-state index in [1.807, 2.05) is 0 Å². The van der Waals surface area contributed by atoms with Crippen LogP contribution in [0.15, 0.2) is 42.5 Å². The molecular formula is C20H16ClF3N4O4. The number of benzene rings is 2. The Hall–Kier alpha value is -3.60. The highest BCUT2D eigenvalue weighted by Crippen LogP contribution is 2.32. The second-order valence-electron chi connectivity index (χ2n) is 6.86. The number of nitrogens with zero attached hydrogens (tertiary/aromatic N) is 3. The minimum atomic E-state index is -4.64. The minimum absolute atomic E-state index is 0.0340. The summed E-state index contributed by atoms with van der Waals surface area (Å²) in [5, 5.41) is 17.6. The first-order valence-corrected chi connectivity index (χ1v) is 9.45. The van der Waals surface area contributed by atoms with Gasteiger partial charge >= 0.3 is 6.18 Å². The van der Waals surface area contributed by atoms with E-state index in [-0.39, 0.29) is 22.8 Å². The number of nitro groups is 1. The predicted octanol–water partition coefficient (Wildman–Crippen LogP) is 5.51. The SMILES string of the molecule is Cc1cc(Cl)ccc1Oc1cc(NC(=O)Cn2nc(C(F)(F)F)cc2C)cc([N+](=O)[O-])c1. The van der Waals surface area contributed by atoms with E-state index in [9.17, 15) is 28.1 Å². The van der Waals surface area contributed by atoms with Crippen LogP contribution in [0.2, 0.25) is 5.02 Å². The van der Waals surface area contributed by atoms with Crippen LogP contribution in [0.5, 0.6) is 11.5 Å². The highest BCUT2D eigenvalue weighted by Gasteiger charge is 2.34. The van der Waals surface area contributed by atoms with Crippen LogP contribution in [0.3, 0.4) is 0 Å². The third-order valence-electron chi connectivity index (χ3n) is 4.32. The van der Waals surface area contributed by atoms with E-state index in [1.54, 1.807) is 25.1 Å². The summed E-state index contributed by atoms with van der Waals surface area (Å²) >= 11 is 5.91. The van der Waals surface area contributed by atoms with Gasteiger partial charge in [-0.05, 0) is 43.7 Å². The molecule has 3 rings (SSSR count). The van der Waals surface area contributed by atoms with Gasteiger partial charge in [-0.15, -0.1) is 0 Å². The Kier molecular flexibility index (Phi) is 6.40. The van der Waals surface area contributed by atoms with Crippen LogP contribution >= 0.6 is 11.6 Å². The maximum absolute atomic E-state index is 12.8. The number of nitro benzene ring substituents is 1. The Morgan fingerprint density at radius 2 is 1.94 bits per heavy atom. The van der Waals surface area contributed by atoms with E-state index in [4.69, 9.17) is 16.3 Å². The number of alkyl halides is 3. The van der Waals surface area contributed by atoms with Crippen LogP contribution in [0.1, 0.15) is 17.0 Å². The first-order chi connectivity index (χ1) is 14.9. The number of carbonyl (C=O) groups excluding carboxylic acids is 1. The normalized spacial score (nSPS) is 11.3. The molecule has 0 aliphatic carbocycles. The molecule has 12 heteroatoms. The highest BCUT2D eigenvalue weighted by atomic mass is 35.5. The molecule has 0 spiro atoms. The number of aromatic nitrogens is 2. The Morgan fingerprint density at radius 1 is 1.22 bits per heavy atom. The summed E-state index contributed by atoms with van der Waals surface area (Å²) in [4.78, 5) is 23.0. The van der Waals surface area contributed by atoms with Crippen LogP contribution in [0.4, 0.5) is 24.5 Å². The molecule has 168 valence electrons. The zero-order valence-corrected chi connectivity index (χ0v) is 17.5. The third-order valence-corrected chi connectivity index (χ3v) is 4.55. The largest absolute Gasteiger partial charge is 0.457 e. The number of nitrogens with one attached hydrogen (secondary N) is 1. The zero-order valence-electron chi connectivity index (χ0n) is 16.7. The predicted molar refractivity (Wildman–Crippen MR) is 110 cm³/mol. The van der Waals surface area contributed by atoms with Gasteiger partial charge in [-0.1, -0.05) is 11.6 Å². The lowest BCUT2D eigenvalue weighted by Gasteiger charge is -2.12. The average Bonchev–Trinajstić information content (AvgIpc) is 3.04. The Balaban J connectivity index is 1.82. The van der Waals surface area contributed by atoms with Gasteiger partial charge in [0.15, 0.2) is 5.69 Å². The molecule has 1 aromatic heterocycles. The van der Waals surface area contributed by atoms with Crippen molar-refractivity contribution in [2.45, 2.75) is 26.6 Å². The second kappa shape index (κ2) is 8.87. The molecule has 0 unspecified atom stereocenters. The lowest BCUT2D eigenvalue weighted by Crippen LogP contribution is -2.21. The highest BCUT2D eigenvalue weighted by molar-refractivity contribution is 6.30. The van der Waals surface area contributed by atoms with E-state index in [1.165, 1.54) is 19.1 Å². The fraction of sp³-hybridized carbons (Fsp3) is 0.200. The van der Waals surface area contributed by atoms with Crippen LogP contribution in [-0.4, -0.2) is 20.6 Å². The van der Waals surface area contributed by atoms with Crippen molar-refractivity contribution in [3.05, 3.63) is 74.6 Å². The number of carbonyl (C=O) groups is 1. The third kappa shape index (κ3) is 5.55. The van der Waals surface area contributed by atoms with E-state index in [0.717, 1.165) is 16.8 Å². The molecular weight excluding hydrogens is 453 g/mol. The zero-order chi connectivity index (χ0) is 23.6. The Labute approximate surface area is 184 Å². The van der Waals surface area contributed by atoms with E-state index >= 15 is 0 Å².